The molecule has 2 aromatic heterocycles. The Kier molecular flexibility index (Phi) is 3.75. The lowest BCUT2D eigenvalue weighted by Gasteiger charge is -2.18. The average molecular weight is 293 g/mol. The molecule has 1 aliphatic carbocycles. The molecule has 1 aliphatic rings. The van der Waals surface area contributed by atoms with Crippen LogP contribution in [0.1, 0.15) is 28.9 Å². The van der Waals surface area contributed by atoms with Crippen LogP contribution in [0.2, 0.25) is 0 Å². The first-order valence-corrected chi connectivity index (χ1v) is 7.40. The van der Waals surface area contributed by atoms with Gasteiger partial charge in [0.1, 0.15) is 11.2 Å². The summed E-state index contributed by atoms with van der Waals surface area (Å²) in [4.78, 5) is 13.0. The molecule has 0 spiro atoms. The van der Waals surface area contributed by atoms with Crippen LogP contribution in [0.3, 0.4) is 0 Å². The molecule has 20 heavy (non-hydrogen) atoms. The Morgan fingerprint density at radius 3 is 3.20 bits per heavy atom. The lowest BCUT2D eigenvalue weighted by Crippen LogP contribution is -2.38. The minimum Gasteiger partial charge on any atom is -0.396 e. The number of aromatic nitrogens is 4. The van der Waals surface area contributed by atoms with Gasteiger partial charge < -0.3 is 10.4 Å². The number of rotatable bonds is 4. The molecule has 1 fully saturated rings. The number of nitrogens with zero attached hydrogens (tertiary/aromatic N) is 4. The minimum atomic E-state index is -0.129. The number of aliphatic hydroxyl groups excluding tert-OH is 1. The van der Waals surface area contributed by atoms with Crippen molar-refractivity contribution in [3.8, 4) is 5.69 Å². The van der Waals surface area contributed by atoms with E-state index in [0.717, 1.165) is 19.3 Å². The van der Waals surface area contributed by atoms with E-state index in [9.17, 15) is 9.90 Å². The summed E-state index contributed by atoms with van der Waals surface area (Å²) in [6, 6.07) is 1.87. The van der Waals surface area contributed by atoms with Gasteiger partial charge in [-0.05, 0) is 34.7 Å². The SMILES string of the molecule is O=C(NC1CCCC1CO)c1sccc1-n1cnnn1. The summed E-state index contributed by atoms with van der Waals surface area (Å²) < 4.78 is 1.48. The third-order valence-corrected chi connectivity index (χ3v) is 4.56. The van der Waals surface area contributed by atoms with Gasteiger partial charge in [0.15, 0.2) is 0 Å². The minimum absolute atomic E-state index is 0.0521. The smallest absolute Gasteiger partial charge is 0.263 e. The lowest BCUT2D eigenvalue weighted by atomic mass is 10.1. The van der Waals surface area contributed by atoms with Crippen molar-refractivity contribution >= 4 is 17.2 Å². The summed E-state index contributed by atoms with van der Waals surface area (Å²) in [6.45, 7) is 0.120. The maximum absolute atomic E-state index is 12.4. The highest BCUT2D eigenvalue weighted by molar-refractivity contribution is 7.12. The van der Waals surface area contributed by atoms with Crippen molar-refractivity contribution in [2.45, 2.75) is 25.3 Å². The van der Waals surface area contributed by atoms with Gasteiger partial charge >= 0.3 is 0 Å². The van der Waals surface area contributed by atoms with Crippen molar-refractivity contribution in [3.05, 3.63) is 22.7 Å². The topological polar surface area (TPSA) is 92.9 Å². The molecule has 1 saturated carbocycles. The number of hydrogen-bond donors (Lipinski definition) is 2. The molecule has 2 atom stereocenters. The number of tetrazole rings is 1. The molecule has 2 unspecified atom stereocenters. The molecule has 106 valence electrons. The van der Waals surface area contributed by atoms with Gasteiger partial charge in [-0.25, -0.2) is 0 Å². The largest absolute Gasteiger partial charge is 0.396 e. The Balaban J connectivity index is 1.77. The fourth-order valence-corrected chi connectivity index (χ4v) is 3.39. The predicted octanol–water partition coefficient (Wildman–Crippen LogP) is 0.615. The Morgan fingerprint density at radius 1 is 1.55 bits per heavy atom. The highest BCUT2D eigenvalue weighted by atomic mass is 32.1. The zero-order valence-electron chi connectivity index (χ0n) is 10.8. The van der Waals surface area contributed by atoms with Gasteiger partial charge in [-0.3, -0.25) is 4.79 Å². The molecular weight excluding hydrogens is 278 g/mol. The normalized spacial score (nSPS) is 22.1. The second kappa shape index (κ2) is 5.68. The van der Waals surface area contributed by atoms with Crippen LogP contribution >= 0.6 is 11.3 Å². The predicted molar refractivity (Wildman–Crippen MR) is 72.7 cm³/mol. The number of carbonyl (C=O) groups is 1. The quantitative estimate of drug-likeness (QED) is 0.861. The van der Waals surface area contributed by atoms with Gasteiger partial charge in [-0.2, -0.15) is 4.68 Å². The second-order valence-electron chi connectivity index (χ2n) is 4.84. The van der Waals surface area contributed by atoms with Crippen molar-refractivity contribution in [2.75, 3.05) is 6.61 Å². The van der Waals surface area contributed by atoms with Crippen molar-refractivity contribution < 1.29 is 9.90 Å². The number of amides is 1. The molecule has 0 radical (unpaired) electrons. The first kappa shape index (κ1) is 13.2. The number of carbonyl (C=O) groups excluding carboxylic acids is 1. The van der Waals surface area contributed by atoms with Crippen LogP contribution in [-0.2, 0) is 0 Å². The van der Waals surface area contributed by atoms with Gasteiger partial charge in [0.05, 0.1) is 5.69 Å². The standard InChI is InChI=1S/C12H15N5O2S/c18-6-8-2-1-3-9(8)14-12(19)11-10(4-5-20-11)17-7-13-15-16-17/h4-5,7-9,18H,1-3,6H2,(H,14,19). The highest BCUT2D eigenvalue weighted by Crippen LogP contribution is 2.26. The third kappa shape index (κ3) is 2.44. The van der Waals surface area contributed by atoms with Gasteiger partial charge in [0.25, 0.3) is 5.91 Å². The molecule has 2 heterocycles. The summed E-state index contributed by atoms with van der Waals surface area (Å²) in [5, 5.41) is 25.1. The van der Waals surface area contributed by atoms with Gasteiger partial charge in [-0.15, -0.1) is 16.4 Å². The molecule has 8 heteroatoms. The van der Waals surface area contributed by atoms with E-state index in [2.05, 4.69) is 20.8 Å². The molecule has 0 aliphatic heterocycles. The van der Waals surface area contributed by atoms with Crippen molar-refractivity contribution in [1.29, 1.82) is 0 Å². The number of nitrogens with one attached hydrogen (secondary N) is 1. The second-order valence-corrected chi connectivity index (χ2v) is 5.76. The Hall–Kier alpha value is -1.80. The fourth-order valence-electron chi connectivity index (χ4n) is 2.60. The molecule has 0 bridgehead atoms. The van der Waals surface area contributed by atoms with Gasteiger partial charge in [-0.1, -0.05) is 6.42 Å². The molecule has 3 rings (SSSR count). The van der Waals surface area contributed by atoms with E-state index in [1.807, 2.05) is 11.4 Å². The maximum Gasteiger partial charge on any atom is 0.263 e. The van der Waals surface area contributed by atoms with Crippen LogP contribution in [0, 0.1) is 5.92 Å². The average Bonchev–Trinajstić information content (AvgIpc) is 3.19. The van der Waals surface area contributed by atoms with E-state index in [1.165, 1.54) is 22.3 Å². The van der Waals surface area contributed by atoms with E-state index in [0.29, 0.717) is 10.6 Å². The van der Waals surface area contributed by atoms with Crippen molar-refractivity contribution in [1.82, 2.24) is 25.5 Å². The summed E-state index contributed by atoms with van der Waals surface area (Å²) >= 11 is 1.36. The molecule has 0 aromatic carbocycles. The first-order valence-electron chi connectivity index (χ1n) is 6.52. The molecule has 7 nitrogen and oxygen atoms in total. The van der Waals surface area contributed by atoms with E-state index in [-0.39, 0.29) is 24.5 Å². The summed E-state index contributed by atoms with van der Waals surface area (Å²) in [6.07, 6.45) is 4.39. The zero-order valence-corrected chi connectivity index (χ0v) is 11.6. The molecular formula is C12H15N5O2S. The van der Waals surface area contributed by atoms with E-state index in [4.69, 9.17) is 0 Å². The van der Waals surface area contributed by atoms with Crippen LogP contribution in [0.15, 0.2) is 17.8 Å². The van der Waals surface area contributed by atoms with Crippen LogP contribution < -0.4 is 5.32 Å². The highest BCUT2D eigenvalue weighted by Gasteiger charge is 2.29. The van der Waals surface area contributed by atoms with E-state index in [1.54, 1.807) is 0 Å². The van der Waals surface area contributed by atoms with Gasteiger partial charge in [0, 0.05) is 18.6 Å². The van der Waals surface area contributed by atoms with E-state index < -0.39 is 0 Å². The van der Waals surface area contributed by atoms with E-state index >= 15 is 0 Å². The van der Waals surface area contributed by atoms with Crippen LogP contribution in [0.4, 0.5) is 0 Å². The first-order chi connectivity index (χ1) is 9.79. The fraction of sp³-hybridized carbons (Fsp3) is 0.500. The Morgan fingerprint density at radius 2 is 2.45 bits per heavy atom. The summed E-state index contributed by atoms with van der Waals surface area (Å²) in [5.41, 5.74) is 0.677. The Labute approximate surface area is 119 Å². The van der Waals surface area contributed by atoms with Crippen LogP contribution in [-0.4, -0.2) is 43.9 Å². The summed E-state index contributed by atoms with van der Waals surface area (Å²) in [7, 11) is 0. The van der Waals surface area contributed by atoms with Crippen LogP contribution in [0.5, 0.6) is 0 Å². The van der Waals surface area contributed by atoms with Crippen molar-refractivity contribution in [3.63, 3.8) is 0 Å². The number of thiophene rings is 1. The molecule has 2 aromatic rings. The van der Waals surface area contributed by atoms with Crippen LogP contribution in [0.25, 0.3) is 5.69 Å². The van der Waals surface area contributed by atoms with Crippen molar-refractivity contribution in [2.24, 2.45) is 5.92 Å². The molecule has 0 saturated heterocycles. The summed E-state index contributed by atoms with van der Waals surface area (Å²) in [5.74, 6) is 0.0336. The lowest BCUT2D eigenvalue weighted by molar-refractivity contribution is 0.0920. The Bertz CT molecular complexity index is 582. The number of aliphatic hydroxyl groups is 1. The zero-order chi connectivity index (χ0) is 13.9. The molecule has 1 amide bonds. The number of hydrogen-bond acceptors (Lipinski definition) is 6. The third-order valence-electron chi connectivity index (χ3n) is 3.66. The maximum atomic E-state index is 12.4. The monoisotopic (exact) mass is 293 g/mol. The van der Waals surface area contributed by atoms with Gasteiger partial charge in [0.2, 0.25) is 0 Å². The molecule has 2 N–H and O–H groups in total.